The topological polar surface area (TPSA) is 88.3 Å². The minimum Gasteiger partial charge on any atom is -0.357 e. The number of rotatable bonds is 3. The van der Waals surface area contributed by atoms with Gasteiger partial charge in [0.25, 0.3) is 5.91 Å². The van der Waals surface area contributed by atoms with E-state index in [9.17, 15) is 9.59 Å². The highest BCUT2D eigenvalue weighted by atomic mass is 16.2. The van der Waals surface area contributed by atoms with Gasteiger partial charge >= 0.3 is 0 Å². The first kappa shape index (κ1) is 14.5. The summed E-state index contributed by atoms with van der Waals surface area (Å²) in [6.07, 6.45) is 4.18. The van der Waals surface area contributed by atoms with Gasteiger partial charge in [-0.25, -0.2) is 0 Å². The van der Waals surface area contributed by atoms with Crippen LogP contribution in [-0.4, -0.2) is 41.3 Å². The molecule has 2 heterocycles. The normalized spacial score (nSPS) is 18.7. The molecule has 0 bridgehead atoms. The molecule has 1 aliphatic heterocycles. The van der Waals surface area contributed by atoms with Gasteiger partial charge < -0.3 is 16.0 Å². The lowest BCUT2D eigenvalue weighted by molar-refractivity contribution is -0.126. The van der Waals surface area contributed by atoms with Crippen molar-refractivity contribution in [2.24, 2.45) is 5.73 Å². The van der Waals surface area contributed by atoms with Crippen LogP contribution in [0.3, 0.4) is 0 Å². The fourth-order valence-electron chi connectivity index (χ4n) is 2.43. The highest BCUT2D eigenvalue weighted by Crippen LogP contribution is 2.19. The third-order valence-electron chi connectivity index (χ3n) is 3.59. The van der Waals surface area contributed by atoms with Crippen molar-refractivity contribution in [1.82, 2.24) is 15.2 Å². The van der Waals surface area contributed by atoms with E-state index in [0.29, 0.717) is 25.2 Å². The van der Waals surface area contributed by atoms with Crippen molar-refractivity contribution in [3.05, 3.63) is 29.6 Å². The standard InChI is InChI=1S/C14H20N4O2/c1-16-13(19)12-4-2-3-7-18(12)14(20)11-6-5-10(8-15)9-17-11/h5-6,9,12H,2-4,7-8,15H2,1H3,(H,16,19). The number of likely N-dealkylation sites (N-methyl/N-ethyl adjacent to an activating group) is 1. The molecule has 1 aromatic heterocycles. The fourth-order valence-corrected chi connectivity index (χ4v) is 2.43. The Morgan fingerprint density at radius 3 is 2.85 bits per heavy atom. The lowest BCUT2D eigenvalue weighted by Gasteiger charge is -2.34. The first-order valence-electron chi connectivity index (χ1n) is 6.85. The number of amides is 2. The first-order chi connectivity index (χ1) is 9.67. The second kappa shape index (κ2) is 6.47. The van der Waals surface area contributed by atoms with E-state index in [-0.39, 0.29) is 11.8 Å². The van der Waals surface area contributed by atoms with Crippen LogP contribution < -0.4 is 11.1 Å². The zero-order valence-corrected chi connectivity index (χ0v) is 11.6. The molecule has 0 radical (unpaired) electrons. The van der Waals surface area contributed by atoms with Crippen molar-refractivity contribution in [2.75, 3.05) is 13.6 Å². The summed E-state index contributed by atoms with van der Waals surface area (Å²) >= 11 is 0. The molecule has 2 rings (SSSR count). The number of carbonyl (C=O) groups excluding carboxylic acids is 2. The molecule has 0 aromatic carbocycles. The molecule has 6 nitrogen and oxygen atoms in total. The van der Waals surface area contributed by atoms with Gasteiger partial charge in [-0.1, -0.05) is 6.07 Å². The minimum absolute atomic E-state index is 0.114. The van der Waals surface area contributed by atoms with Crippen molar-refractivity contribution in [2.45, 2.75) is 31.8 Å². The van der Waals surface area contributed by atoms with Crippen LogP contribution in [0.5, 0.6) is 0 Å². The Balaban J connectivity index is 2.18. The summed E-state index contributed by atoms with van der Waals surface area (Å²) in [6, 6.07) is 3.07. The molecule has 3 N–H and O–H groups in total. The van der Waals surface area contributed by atoms with E-state index in [0.717, 1.165) is 18.4 Å². The van der Waals surface area contributed by atoms with E-state index in [2.05, 4.69) is 10.3 Å². The third-order valence-corrected chi connectivity index (χ3v) is 3.59. The summed E-state index contributed by atoms with van der Waals surface area (Å²) in [5.74, 6) is -0.307. The molecule has 2 amide bonds. The molecule has 1 aromatic rings. The van der Waals surface area contributed by atoms with E-state index in [4.69, 9.17) is 5.73 Å². The zero-order valence-electron chi connectivity index (χ0n) is 11.6. The monoisotopic (exact) mass is 276 g/mol. The molecule has 6 heteroatoms. The first-order valence-corrected chi connectivity index (χ1v) is 6.85. The second-order valence-electron chi connectivity index (χ2n) is 4.88. The van der Waals surface area contributed by atoms with Crippen molar-refractivity contribution in [1.29, 1.82) is 0 Å². The van der Waals surface area contributed by atoms with Crippen molar-refractivity contribution >= 4 is 11.8 Å². The molecular weight excluding hydrogens is 256 g/mol. The Labute approximate surface area is 118 Å². The predicted molar refractivity (Wildman–Crippen MR) is 74.9 cm³/mol. The van der Waals surface area contributed by atoms with Crippen molar-refractivity contribution in [3.63, 3.8) is 0 Å². The molecule has 108 valence electrons. The Bertz CT molecular complexity index is 486. The van der Waals surface area contributed by atoms with E-state index in [1.54, 1.807) is 30.3 Å². The second-order valence-corrected chi connectivity index (χ2v) is 4.88. The van der Waals surface area contributed by atoms with Gasteiger partial charge in [-0.05, 0) is 30.9 Å². The largest absolute Gasteiger partial charge is 0.357 e. The van der Waals surface area contributed by atoms with E-state index in [1.165, 1.54) is 0 Å². The molecule has 0 saturated carbocycles. The van der Waals surface area contributed by atoms with Crippen LogP contribution in [0.15, 0.2) is 18.3 Å². The third kappa shape index (κ3) is 2.96. The summed E-state index contributed by atoms with van der Waals surface area (Å²) < 4.78 is 0. The quantitative estimate of drug-likeness (QED) is 0.830. The molecule has 1 unspecified atom stereocenters. The molecule has 0 aliphatic carbocycles. The number of nitrogens with zero attached hydrogens (tertiary/aromatic N) is 2. The molecule has 20 heavy (non-hydrogen) atoms. The minimum atomic E-state index is -0.391. The summed E-state index contributed by atoms with van der Waals surface area (Å²) in [6.45, 7) is 0.989. The van der Waals surface area contributed by atoms with E-state index in [1.807, 2.05) is 0 Å². The average molecular weight is 276 g/mol. The van der Waals surface area contributed by atoms with Crippen LogP contribution >= 0.6 is 0 Å². The van der Waals surface area contributed by atoms with Crippen LogP contribution in [0, 0.1) is 0 Å². The Morgan fingerprint density at radius 1 is 1.45 bits per heavy atom. The Kier molecular flexibility index (Phi) is 4.68. The summed E-state index contributed by atoms with van der Waals surface area (Å²) in [5, 5.41) is 2.62. The number of nitrogens with one attached hydrogen (secondary N) is 1. The Hall–Kier alpha value is -1.95. The Morgan fingerprint density at radius 2 is 2.25 bits per heavy atom. The van der Waals surface area contributed by atoms with Crippen molar-refractivity contribution < 1.29 is 9.59 Å². The number of pyridine rings is 1. The molecule has 0 spiro atoms. The molecule has 1 saturated heterocycles. The number of nitrogens with two attached hydrogens (primary N) is 1. The van der Waals surface area contributed by atoms with Crippen LogP contribution in [0.1, 0.15) is 35.3 Å². The molecule has 1 fully saturated rings. The van der Waals surface area contributed by atoms with Gasteiger partial charge in [0, 0.05) is 26.3 Å². The SMILES string of the molecule is CNC(=O)C1CCCCN1C(=O)c1ccc(CN)cn1. The van der Waals surface area contributed by atoms with Gasteiger partial charge in [-0.15, -0.1) is 0 Å². The number of likely N-dealkylation sites (tertiary alicyclic amines) is 1. The van der Waals surface area contributed by atoms with E-state index >= 15 is 0 Å². The molecule has 1 atom stereocenters. The fraction of sp³-hybridized carbons (Fsp3) is 0.500. The number of aromatic nitrogens is 1. The van der Waals surface area contributed by atoms with Crippen molar-refractivity contribution in [3.8, 4) is 0 Å². The van der Waals surface area contributed by atoms with Crippen LogP contribution in [0.4, 0.5) is 0 Å². The van der Waals surface area contributed by atoms with Crippen LogP contribution in [0.2, 0.25) is 0 Å². The lowest BCUT2D eigenvalue weighted by atomic mass is 10.0. The lowest BCUT2D eigenvalue weighted by Crippen LogP contribution is -2.51. The van der Waals surface area contributed by atoms with Gasteiger partial charge in [0.05, 0.1) is 0 Å². The van der Waals surface area contributed by atoms with Gasteiger partial charge in [0.1, 0.15) is 11.7 Å². The predicted octanol–water partition coefficient (Wildman–Crippen LogP) is 0.281. The number of hydrogen-bond donors (Lipinski definition) is 2. The maximum absolute atomic E-state index is 12.5. The van der Waals surface area contributed by atoms with Crippen LogP contribution in [0.25, 0.3) is 0 Å². The highest BCUT2D eigenvalue weighted by molar-refractivity contribution is 5.96. The summed E-state index contributed by atoms with van der Waals surface area (Å²) in [5.41, 5.74) is 6.75. The zero-order chi connectivity index (χ0) is 14.5. The average Bonchev–Trinajstić information content (AvgIpc) is 2.53. The van der Waals surface area contributed by atoms with Crippen LogP contribution in [-0.2, 0) is 11.3 Å². The van der Waals surface area contributed by atoms with Gasteiger partial charge in [0.2, 0.25) is 5.91 Å². The smallest absolute Gasteiger partial charge is 0.273 e. The maximum Gasteiger partial charge on any atom is 0.273 e. The molecule has 1 aliphatic rings. The maximum atomic E-state index is 12.5. The van der Waals surface area contributed by atoms with Gasteiger partial charge in [0.15, 0.2) is 0 Å². The summed E-state index contributed by atoms with van der Waals surface area (Å²) in [7, 11) is 1.59. The molecular formula is C14H20N4O2. The summed E-state index contributed by atoms with van der Waals surface area (Å²) in [4.78, 5) is 30.1. The number of hydrogen-bond acceptors (Lipinski definition) is 4. The van der Waals surface area contributed by atoms with Gasteiger partial charge in [-0.2, -0.15) is 0 Å². The van der Waals surface area contributed by atoms with Gasteiger partial charge in [-0.3, -0.25) is 14.6 Å². The highest BCUT2D eigenvalue weighted by Gasteiger charge is 2.32. The van der Waals surface area contributed by atoms with E-state index < -0.39 is 6.04 Å². The number of carbonyl (C=O) groups is 2. The number of piperidine rings is 1.